The summed E-state index contributed by atoms with van der Waals surface area (Å²) in [6, 6.07) is 14.9. The number of amides is 1. The fraction of sp³-hybridized carbons (Fsp3) is 0.286. The second-order valence-electron chi connectivity index (χ2n) is 6.32. The lowest BCUT2D eigenvalue weighted by atomic mass is 10.1. The molecule has 0 radical (unpaired) electrons. The van der Waals surface area contributed by atoms with Gasteiger partial charge in [0.25, 0.3) is 5.56 Å². The molecule has 3 rings (SSSR count). The highest BCUT2D eigenvalue weighted by atomic mass is 16.5. The average Bonchev–Trinajstić information content (AvgIpc) is 2.67. The number of aromatic amines is 1. The number of benzene rings is 2. The van der Waals surface area contributed by atoms with Crippen molar-refractivity contribution in [2.75, 3.05) is 6.61 Å². The maximum atomic E-state index is 12.3. The van der Waals surface area contributed by atoms with Gasteiger partial charge in [-0.1, -0.05) is 24.3 Å². The summed E-state index contributed by atoms with van der Waals surface area (Å²) in [5.74, 6) is 0.687. The Morgan fingerprint density at radius 3 is 2.67 bits per heavy atom. The van der Waals surface area contributed by atoms with Crippen molar-refractivity contribution < 1.29 is 9.53 Å². The first-order valence-corrected chi connectivity index (χ1v) is 9.07. The lowest BCUT2D eigenvalue weighted by Gasteiger charge is -2.15. The SMILES string of the molecule is CCOc1ccc(C(C)NC(=O)CCc2nc3ccccc3[nH]c2=O)cc1. The van der Waals surface area contributed by atoms with E-state index in [0.717, 1.165) is 16.8 Å². The quantitative estimate of drug-likeness (QED) is 0.674. The lowest BCUT2D eigenvalue weighted by Crippen LogP contribution is -2.27. The molecule has 1 aromatic heterocycles. The highest BCUT2D eigenvalue weighted by Crippen LogP contribution is 2.17. The van der Waals surface area contributed by atoms with Gasteiger partial charge in [-0.25, -0.2) is 4.98 Å². The normalized spacial score (nSPS) is 11.9. The average molecular weight is 365 g/mol. The Labute approximate surface area is 157 Å². The van der Waals surface area contributed by atoms with E-state index in [0.29, 0.717) is 24.2 Å². The molecule has 1 atom stereocenters. The first-order chi connectivity index (χ1) is 13.1. The van der Waals surface area contributed by atoms with Gasteiger partial charge in [-0.05, 0) is 43.7 Å². The fourth-order valence-corrected chi connectivity index (χ4v) is 2.89. The summed E-state index contributed by atoms with van der Waals surface area (Å²) in [5.41, 5.74) is 2.53. The number of aromatic nitrogens is 2. The minimum absolute atomic E-state index is 0.120. The number of rotatable bonds is 7. The van der Waals surface area contributed by atoms with Crippen LogP contribution in [0.4, 0.5) is 0 Å². The molecule has 0 spiro atoms. The molecule has 6 heteroatoms. The van der Waals surface area contributed by atoms with Crippen LogP contribution in [0.25, 0.3) is 11.0 Å². The van der Waals surface area contributed by atoms with Crippen molar-refractivity contribution in [1.82, 2.24) is 15.3 Å². The van der Waals surface area contributed by atoms with Gasteiger partial charge in [0.1, 0.15) is 11.4 Å². The molecule has 27 heavy (non-hydrogen) atoms. The van der Waals surface area contributed by atoms with E-state index >= 15 is 0 Å². The number of carbonyl (C=O) groups excluding carboxylic acids is 1. The summed E-state index contributed by atoms with van der Waals surface area (Å²) < 4.78 is 5.42. The Bertz CT molecular complexity index is 980. The minimum atomic E-state index is -0.249. The smallest absolute Gasteiger partial charge is 0.270 e. The van der Waals surface area contributed by atoms with Crippen LogP contribution in [0.2, 0.25) is 0 Å². The van der Waals surface area contributed by atoms with Gasteiger partial charge in [-0.2, -0.15) is 0 Å². The molecule has 2 N–H and O–H groups in total. The van der Waals surface area contributed by atoms with Crippen molar-refractivity contribution >= 4 is 16.9 Å². The number of H-pyrrole nitrogens is 1. The van der Waals surface area contributed by atoms with Gasteiger partial charge in [0.15, 0.2) is 0 Å². The second kappa shape index (κ2) is 8.49. The molecule has 6 nitrogen and oxygen atoms in total. The summed E-state index contributed by atoms with van der Waals surface area (Å²) in [5, 5.41) is 2.95. The van der Waals surface area contributed by atoms with E-state index < -0.39 is 0 Å². The third-order valence-corrected chi connectivity index (χ3v) is 4.33. The number of nitrogens with zero attached hydrogens (tertiary/aromatic N) is 1. The predicted molar refractivity (Wildman–Crippen MR) is 105 cm³/mol. The number of para-hydroxylation sites is 2. The topological polar surface area (TPSA) is 84.1 Å². The van der Waals surface area contributed by atoms with Crippen LogP contribution in [0.3, 0.4) is 0 Å². The Balaban J connectivity index is 1.59. The molecule has 140 valence electrons. The summed E-state index contributed by atoms with van der Waals surface area (Å²) in [6.45, 7) is 4.48. The van der Waals surface area contributed by atoms with Crippen LogP contribution in [0.5, 0.6) is 5.75 Å². The van der Waals surface area contributed by atoms with E-state index in [-0.39, 0.29) is 23.9 Å². The van der Waals surface area contributed by atoms with Gasteiger partial charge in [0, 0.05) is 12.8 Å². The number of hydrogen-bond acceptors (Lipinski definition) is 4. The van der Waals surface area contributed by atoms with Crippen LogP contribution in [-0.2, 0) is 11.2 Å². The molecule has 0 bridgehead atoms. The zero-order valence-corrected chi connectivity index (χ0v) is 15.5. The van der Waals surface area contributed by atoms with E-state index in [9.17, 15) is 9.59 Å². The lowest BCUT2D eigenvalue weighted by molar-refractivity contribution is -0.121. The molecule has 1 unspecified atom stereocenters. The highest BCUT2D eigenvalue weighted by molar-refractivity contribution is 5.77. The molecule has 1 heterocycles. The number of fused-ring (bicyclic) bond motifs is 1. The largest absolute Gasteiger partial charge is 0.494 e. The molecule has 2 aromatic carbocycles. The molecule has 0 saturated carbocycles. The molecular formula is C21H23N3O3. The maximum Gasteiger partial charge on any atom is 0.270 e. The second-order valence-corrected chi connectivity index (χ2v) is 6.32. The Morgan fingerprint density at radius 1 is 1.19 bits per heavy atom. The van der Waals surface area contributed by atoms with E-state index in [1.54, 1.807) is 6.07 Å². The van der Waals surface area contributed by atoms with Crippen LogP contribution in [0.1, 0.15) is 37.6 Å². The van der Waals surface area contributed by atoms with Gasteiger partial charge in [0.05, 0.1) is 23.7 Å². The highest BCUT2D eigenvalue weighted by Gasteiger charge is 2.12. The summed E-state index contributed by atoms with van der Waals surface area (Å²) in [7, 11) is 0. The zero-order chi connectivity index (χ0) is 19.2. The molecule has 0 aliphatic rings. The maximum absolute atomic E-state index is 12.3. The van der Waals surface area contributed by atoms with E-state index in [4.69, 9.17) is 4.74 Å². The molecule has 0 fully saturated rings. The van der Waals surface area contributed by atoms with Crippen molar-refractivity contribution in [3.05, 3.63) is 70.1 Å². The van der Waals surface area contributed by atoms with Crippen LogP contribution in [0.15, 0.2) is 53.3 Å². The molecule has 0 aliphatic heterocycles. The summed E-state index contributed by atoms with van der Waals surface area (Å²) in [6.07, 6.45) is 0.498. The standard InChI is InChI=1S/C21H23N3O3/c1-3-27-16-10-8-15(9-11-16)14(2)22-20(25)13-12-19-21(26)24-18-7-5-4-6-17(18)23-19/h4-11,14H,3,12-13H2,1-2H3,(H,22,25)(H,24,26). The zero-order valence-electron chi connectivity index (χ0n) is 15.5. The molecule has 3 aromatic rings. The molecule has 0 saturated heterocycles. The van der Waals surface area contributed by atoms with Crippen molar-refractivity contribution in [2.24, 2.45) is 0 Å². The van der Waals surface area contributed by atoms with Crippen molar-refractivity contribution in [2.45, 2.75) is 32.7 Å². The first-order valence-electron chi connectivity index (χ1n) is 9.07. The molecular weight excluding hydrogens is 342 g/mol. The van der Waals surface area contributed by atoms with Crippen LogP contribution < -0.4 is 15.6 Å². The van der Waals surface area contributed by atoms with Gasteiger partial charge in [-0.15, -0.1) is 0 Å². The van der Waals surface area contributed by atoms with Crippen LogP contribution >= 0.6 is 0 Å². The monoisotopic (exact) mass is 365 g/mol. The number of aryl methyl sites for hydroxylation is 1. The number of hydrogen-bond donors (Lipinski definition) is 2. The minimum Gasteiger partial charge on any atom is -0.494 e. The molecule has 0 aliphatic carbocycles. The van der Waals surface area contributed by atoms with Gasteiger partial charge in [0.2, 0.25) is 5.91 Å². The van der Waals surface area contributed by atoms with Gasteiger partial charge in [-0.3, -0.25) is 9.59 Å². The Kier molecular flexibility index (Phi) is 5.86. The predicted octanol–water partition coefficient (Wildman–Crippen LogP) is 3.13. The third-order valence-electron chi connectivity index (χ3n) is 4.33. The number of nitrogens with one attached hydrogen (secondary N) is 2. The first kappa shape index (κ1) is 18.6. The van der Waals surface area contributed by atoms with E-state index in [1.807, 2.05) is 56.3 Å². The van der Waals surface area contributed by atoms with Crippen LogP contribution in [0, 0.1) is 0 Å². The number of ether oxygens (including phenoxy) is 1. The van der Waals surface area contributed by atoms with Gasteiger partial charge < -0.3 is 15.0 Å². The van der Waals surface area contributed by atoms with Crippen molar-refractivity contribution in [1.29, 1.82) is 0 Å². The van der Waals surface area contributed by atoms with Crippen molar-refractivity contribution in [3.63, 3.8) is 0 Å². The third kappa shape index (κ3) is 4.73. The summed E-state index contributed by atoms with van der Waals surface area (Å²) >= 11 is 0. The Morgan fingerprint density at radius 2 is 1.93 bits per heavy atom. The van der Waals surface area contributed by atoms with E-state index in [1.165, 1.54) is 0 Å². The summed E-state index contributed by atoms with van der Waals surface area (Å²) in [4.78, 5) is 31.6. The van der Waals surface area contributed by atoms with Crippen molar-refractivity contribution in [3.8, 4) is 5.75 Å². The molecule has 1 amide bonds. The van der Waals surface area contributed by atoms with E-state index in [2.05, 4.69) is 15.3 Å². The fourth-order valence-electron chi connectivity index (χ4n) is 2.89. The van der Waals surface area contributed by atoms with Crippen LogP contribution in [-0.4, -0.2) is 22.5 Å². The number of carbonyl (C=O) groups is 1. The Hall–Kier alpha value is -3.15. The van der Waals surface area contributed by atoms with Gasteiger partial charge >= 0.3 is 0 Å².